The minimum Gasteiger partial charge on any atom is -0.481 e. The first-order chi connectivity index (χ1) is 8.37. The summed E-state index contributed by atoms with van der Waals surface area (Å²) in [5.41, 5.74) is 0.426. The molecule has 0 aliphatic heterocycles. The molecule has 0 saturated carbocycles. The summed E-state index contributed by atoms with van der Waals surface area (Å²) in [6.07, 6.45) is 5.34. The Labute approximate surface area is 108 Å². The lowest BCUT2D eigenvalue weighted by Crippen LogP contribution is -2.39. The van der Waals surface area contributed by atoms with Crippen LogP contribution in [0.1, 0.15) is 32.3 Å². The Kier molecular flexibility index (Phi) is 4.90. The predicted molar refractivity (Wildman–Crippen MR) is 70.2 cm³/mol. The number of rotatable bonds is 7. The SMILES string of the molecule is CCCC(C)(CN(C)Cc1cnn(C)c1)C(=O)O. The van der Waals surface area contributed by atoms with E-state index in [4.69, 9.17) is 0 Å². The predicted octanol–water partition coefficient (Wildman–Crippen LogP) is 1.74. The van der Waals surface area contributed by atoms with Gasteiger partial charge < -0.3 is 10.0 Å². The third-order valence-electron chi connectivity index (χ3n) is 3.15. The molecule has 18 heavy (non-hydrogen) atoms. The molecule has 1 rings (SSSR count). The number of aliphatic carboxylic acids is 1. The molecule has 5 nitrogen and oxygen atoms in total. The zero-order valence-electron chi connectivity index (χ0n) is 11.7. The standard InChI is InChI=1S/C13H23N3O2/c1-5-6-13(2,12(17)18)10-15(3)8-11-7-14-16(4)9-11/h7,9H,5-6,8,10H2,1-4H3,(H,17,18). The van der Waals surface area contributed by atoms with Crippen molar-refractivity contribution in [2.45, 2.75) is 33.2 Å². The van der Waals surface area contributed by atoms with E-state index in [9.17, 15) is 9.90 Å². The van der Waals surface area contributed by atoms with E-state index >= 15 is 0 Å². The van der Waals surface area contributed by atoms with Gasteiger partial charge in [-0.15, -0.1) is 0 Å². The molecule has 102 valence electrons. The third-order valence-corrected chi connectivity index (χ3v) is 3.15. The van der Waals surface area contributed by atoms with Crippen LogP contribution in [0.5, 0.6) is 0 Å². The zero-order valence-corrected chi connectivity index (χ0v) is 11.7. The van der Waals surface area contributed by atoms with E-state index in [0.717, 1.165) is 18.5 Å². The molecule has 1 unspecified atom stereocenters. The van der Waals surface area contributed by atoms with Gasteiger partial charge in [-0.2, -0.15) is 5.10 Å². The summed E-state index contributed by atoms with van der Waals surface area (Å²) >= 11 is 0. The maximum absolute atomic E-state index is 11.4. The molecule has 1 aromatic rings. The number of nitrogens with zero attached hydrogens (tertiary/aromatic N) is 3. The smallest absolute Gasteiger partial charge is 0.310 e. The van der Waals surface area contributed by atoms with Gasteiger partial charge in [0, 0.05) is 31.9 Å². The molecule has 1 heterocycles. The highest BCUT2D eigenvalue weighted by Crippen LogP contribution is 2.25. The van der Waals surface area contributed by atoms with Crippen LogP contribution in [0, 0.1) is 5.41 Å². The van der Waals surface area contributed by atoms with Crippen molar-refractivity contribution >= 4 is 5.97 Å². The summed E-state index contributed by atoms with van der Waals surface area (Å²) in [4.78, 5) is 13.4. The van der Waals surface area contributed by atoms with Gasteiger partial charge in [0.2, 0.25) is 0 Å². The summed E-state index contributed by atoms with van der Waals surface area (Å²) in [5.74, 6) is -0.720. The molecule has 0 fully saturated rings. The summed E-state index contributed by atoms with van der Waals surface area (Å²) in [6.45, 7) is 5.10. The topological polar surface area (TPSA) is 58.4 Å². The van der Waals surface area contributed by atoms with Crippen LogP contribution in [0.4, 0.5) is 0 Å². The Morgan fingerprint density at radius 2 is 2.28 bits per heavy atom. The molecule has 0 bridgehead atoms. The van der Waals surface area contributed by atoms with Gasteiger partial charge in [0.05, 0.1) is 11.6 Å². The molecular formula is C13H23N3O2. The Morgan fingerprint density at radius 1 is 1.61 bits per heavy atom. The van der Waals surface area contributed by atoms with Gasteiger partial charge in [0.15, 0.2) is 0 Å². The Hall–Kier alpha value is -1.36. The Bertz CT molecular complexity index is 403. The van der Waals surface area contributed by atoms with E-state index in [0.29, 0.717) is 13.0 Å². The molecule has 0 spiro atoms. The molecule has 0 saturated heterocycles. The first-order valence-corrected chi connectivity index (χ1v) is 6.27. The number of hydrogen-bond acceptors (Lipinski definition) is 3. The van der Waals surface area contributed by atoms with Crippen LogP contribution in [0.25, 0.3) is 0 Å². The van der Waals surface area contributed by atoms with Crippen LogP contribution < -0.4 is 0 Å². The number of aromatic nitrogens is 2. The molecule has 0 amide bonds. The molecule has 0 aliphatic carbocycles. The van der Waals surface area contributed by atoms with Crippen LogP contribution in [-0.2, 0) is 18.4 Å². The quantitative estimate of drug-likeness (QED) is 0.804. The van der Waals surface area contributed by atoms with Crippen LogP contribution in [0.2, 0.25) is 0 Å². The molecule has 1 aromatic heterocycles. The lowest BCUT2D eigenvalue weighted by Gasteiger charge is -2.29. The number of aryl methyl sites for hydroxylation is 1. The van der Waals surface area contributed by atoms with Gasteiger partial charge in [-0.25, -0.2) is 0 Å². The van der Waals surface area contributed by atoms with E-state index in [1.165, 1.54) is 0 Å². The Balaban J connectivity index is 2.61. The molecule has 0 radical (unpaired) electrons. The summed E-state index contributed by atoms with van der Waals surface area (Å²) in [7, 11) is 3.83. The highest BCUT2D eigenvalue weighted by atomic mass is 16.4. The maximum Gasteiger partial charge on any atom is 0.310 e. The summed E-state index contributed by atoms with van der Waals surface area (Å²) in [6, 6.07) is 0. The first-order valence-electron chi connectivity index (χ1n) is 6.27. The number of hydrogen-bond donors (Lipinski definition) is 1. The largest absolute Gasteiger partial charge is 0.481 e. The fourth-order valence-electron chi connectivity index (χ4n) is 2.32. The second kappa shape index (κ2) is 6.00. The number of carboxylic acids is 1. The van der Waals surface area contributed by atoms with E-state index in [-0.39, 0.29) is 0 Å². The summed E-state index contributed by atoms with van der Waals surface area (Å²) < 4.78 is 1.76. The Morgan fingerprint density at radius 3 is 2.72 bits per heavy atom. The van der Waals surface area contributed by atoms with Crippen LogP contribution in [0.15, 0.2) is 12.4 Å². The summed E-state index contributed by atoms with van der Waals surface area (Å²) in [5, 5.41) is 13.5. The van der Waals surface area contributed by atoms with E-state index < -0.39 is 11.4 Å². The minimum absolute atomic E-state index is 0.547. The van der Waals surface area contributed by atoms with Crippen molar-refractivity contribution in [3.63, 3.8) is 0 Å². The van der Waals surface area contributed by atoms with Crippen molar-refractivity contribution in [1.82, 2.24) is 14.7 Å². The van der Waals surface area contributed by atoms with Gasteiger partial charge in [-0.05, 0) is 20.4 Å². The van der Waals surface area contributed by atoms with E-state index in [1.807, 2.05) is 45.2 Å². The normalized spacial score (nSPS) is 14.7. The van der Waals surface area contributed by atoms with Crippen LogP contribution in [-0.4, -0.2) is 39.3 Å². The number of carboxylic acid groups (broad SMARTS) is 1. The minimum atomic E-state index is -0.720. The first kappa shape index (κ1) is 14.7. The van der Waals surface area contributed by atoms with Gasteiger partial charge >= 0.3 is 5.97 Å². The van der Waals surface area contributed by atoms with Gasteiger partial charge in [-0.1, -0.05) is 13.3 Å². The van der Waals surface area contributed by atoms with E-state index in [2.05, 4.69) is 5.10 Å². The molecule has 0 aliphatic rings. The monoisotopic (exact) mass is 253 g/mol. The number of carbonyl (C=O) groups is 1. The zero-order chi connectivity index (χ0) is 13.8. The van der Waals surface area contributed by atoms with Crippen molar-refractivity contribution < 1.29 is 9.90 Å². The fourth-order valence-corrected chi connectivity index (χ4v) is 2.32. The van der Waals surface area contributed by atoms with Crippen LogP contribution >= 0.6 is 0 Å². The average Bonchev–Trinajstić information content (AvgIpc) is 2.63. The van der Waals surface area contributed by atoms with Gasteiger partial charge in [0.25, 0.3) is 0 Å². The van der Waals surface area contributed by atoms with E-state index in [1.54, 1.807) is 4.68 Å². The second-order valence-electron chi connectivity index (χ2n) is 5.31. The fraction of sp³-hybridized carbons (Fsp3) is 0.692. The molecular weight excluding hydrogens is 230 g/mol. The van der Waals surface area contributed by atoms with Gasteiger partial charge in [0.1, 0.15) is 0 Å². The highest BCUT2D eigenvalue weighted by molar-refractivity contribution is 5.74. The van der Waals surface area contributed by atoms with Crippen molar-refractivity contribution in [3.05, 3.63) is 18.0 Å². The molecule has 0 aromatic carbocycles. The lowest BCUT2D eigenvalue weighted by atomic mass is 9.85. The van der Waals surface area contributed by atoms with Crippen molar-refractivity contribution in [2.24, 2.45) is 12.5 Å². The molecule has 1 N–H and O–H groups in total. The van der Waals surface area contributed by atoms with Crippen LogP contribution in [0.3, 0.4) is 0 Å². The molecule has 1 atom stereocenters. The third kappa shape index (κ3) is 3.84. The van der Waals surface area contributed by atoms with Crippen molar-refractivity contribution in [2.75, 3.05) is 13.6 Å². The van der Waals surface area contributed by atoms with Crippen molar-refractivity contribution in [1.29, 1.82) is 0 Å². The van der Waals surface area contributed by atoms with Crippen molar-refractivity contribution in [3.8, 4) is 0 Å². The lowest BCUT2D eigenvalue weighted by molar-refractivity contribution is -0.149. The highest BCUT2D eigenvalue weighted by Gasteiger charge is 2.33. The average molecular weight is 253 g/mol. The van der Waals surface area contributed by atoms with Gasteiger partial charge in [-0.3, -0.25) is 9.48 Å². The maximum atomic E-state index is 11.4. The second-order valence-corrected chi connectivity index (χ2v) is 5.31. The molecule has 5 heteroatoms.